The zero-order valence-corrected chi connectivity index (χ0v) is 14.5. The number of rotatable bonds is 5. The number of nitrogens with zero attached hydrogens (tertiary/aromatic N) is 4. The Morgan fingerprint density at radius 1 is 1.19 bits per heavy atom. The minimum Gasteiger partial charge on any atom is -0.479 e. The number of likely N-dealkylation sites (tertiary alicyclic amines) is 1. The van der Waals surface area contributed by atoms with Gasteiger partial charge in [-0.05, 0) is 37.7 Å². The SMILES string of the molecule is O=C(c1cn(C2CCC2)nn1)N1CCCC1(Cc1ccccc1)C(=O)O. The van der Waals surface area contributed by atoms with E-state index < -0.39 is 11.5 Å². The molecule has 1 aliphatic heterocycles. The highest BCUT2D eigenvalue weighted by Crippen LogP contribution is 2.35. The van der Waals surface area contributed by atoms with Crippen LogP contribution in [0.15, 0.2) is 36.5 Å². The number of aromatic nitrogens is 3. The second kappa shape index (κ2) is 6.55. The molecule has 2 aliphatic rings. The van der Waals surface area contributed by atoms with Crippen molar-refractivity contribution in [3.05, 3.63) is 47.8 Å². The Labute approximate surface area is 151 Å². The van der Waals surface area contributed by atoms with Crippen LogP contribution < -0.4 is 0 Å². The quantitative estimate of drug-likeness (QED) is 0.890. The predicted molar refractivity (Wildman–Crippen MR) is 93.7 cm³/mol. The second-order valence-electron chi connectivity index (χ2n) is 7.23. The molecule has 1 N–H and O–H groups in total. The summed E-state index contributed by atoms with van der Waals surface area (Å²) in [5.74, 6) is -1.30. The predicted octanol–water partition coefficient (Wildman–Crippen LogP) is 2.31. The second-order valence-corrected chi connectivity index (χ2v) is 7.23. The molecule has 1 amide bonds. The molecule has 2 heterocycles. The average molecular weight is 354 g/mol. The summed E-state index contributed by atoms with van der Waals surface area (Å²) in [5.41, 5.74) is -0.0798. The van der Waals surface area contributed by atoms with Crippen molar-refractivity contribution in [2.75, 3.05) is 6.54 Å². The molecule has 7 nitrogen and oxygen atoms in total. The van der Waals surface area contributed by atoms with E-state index in [-0.39, 0.29) is 11.6 Å². The fourth-order valence-corrected chi connectivity index (χ4v) is 3.93. The van der Waals surface area contributed by atoms with E-state index in [2.05, 4.69) is 10.3 Å². The number of carbonyl (C=O) groups is 2. The Morgan fingerprint density at radius 3 is 2.62 bits per heavy atom. The Balaban J connectivity index is 1.61. The average Bonchev–Trinajstić information content (AvgIpc) is 3.22. The van der Waals surface area contributed by atoms with Crippen LogP contribution in [0, 0.1) is 0 Å². The van der Waals surface area contributed by atoms with Crippen molar-refractivity contribution in [3.8, 4) is 0 Å². The number of hydrogen-bond donors (Lipinski definition) is 1. The van der Waals surface area contributed by atoms with E-state index in [9.17, 15) is 14.7 Å². The number of aliphatic carboxylic acids is 1. The first-order valence-electron chi connectivity index (χ1n) is 9.11. The van der Waals surface area contributed by atoms with Crippen LogP contribution in [-0.4, -0.2) is 49.0 Å². The van der Waals surface area contributed by atoms with Crippen LogP contribution in [0.2, 0.25) is 0 Å². The number of amides is 1. The van der Waals surface area contributed by atoms with Gasteiger partial charge >= 0.3 is 5.97 Å². The third-order valence-electron chi connectivity index (χ3n) is 5.65. The van der Waals surface area contributed by atoms with Crippen molar-refractivity contribution in [3.63, 3.8) is 0 Å². The molecule has 0 bridgehead atoms. The number of carbonyl (C=O) groups excluding carboxylic acids is 1. The van der Waals surface area contributed by atoms with Gasteiger partial charge in [0, 0.05) is 13.0 Å². The monoisotopic (exact) mass is 354 g/mol. The van der Waals surface area contributed by atoms with Crippen molar-refractivity contribution in [1.82, 2.24) is 19.9 Å². The molecule has 1 aromatic heterocycles. The maximum atomic E-state index is 13.0. The molecule has 2 fully saturated rings. The van der Waals surface area contributed by atoms with Gasteiger partial charge in [0.2, 0.25) is 0 Å². The van der Waals surface area contributed by atoms with E-state index in [1.165, 1.54) is 11.3 Å². The summed E-state index contributed by atoms with van der Waals surface area (Å²) in [6.45, 7) is 0.425. The van der Waals surface area contributed by atoms with Gasteiger partial charge in [0.25, 0.3) is 5.91 Å². The van der Waals surface area contributed by atoms with E-state index in [1.54, 1.807) is 10.9 Å². The summed E-state index contributed by atoms with van der Waals surface area (Å²) in [5, 5.41) is 18.1. The smallest absolute Gasteiger partial charge is 0.329 e. The largest absolute Gasteiger partial charge is 0.479 e. The van der Waals surface area contributed by atoms with Gasteiger partial charge < -0.3 is 10.0 Å². The van der Waals surface area contributed by atoms with E-state index in [0.29, 0.717) is 31.8 Å². The van der Waals surface area contributed by atoms with Crippen LogP contribution in [0.5, 0.6) is 0 Å². The summed E-state index contributed by atoms with van der Waals surface area (Å²) in [7, 11) is 0. The molecule has 2 aromatic rings. The normalized spacial score (nSPS) is 23.0. The fraction of sp³-hybridized carbons (Fsp3) is 0.474. The summed E-state index contributed by atoms with van der Waals surface area (Å²) in [4.78, 5) is 26.7. The van der Waals surface area contributed by atoms with Crippen molar-refractivity contribution in [2.24, 2.45) is 0 Å². The van der Waals surface area contributed by atoms with Gasteiger partial charge in [0.05, 0.1) is 12.2 Å². The first-order valence-corrected chi connectivity index (χ1v) is 9.11. The summed E-state index contributed by atoms with van der Waals surface area (Å²) in [6, 6.07) is 9.78. The number of benzene rings is 1. The molecule has 1 aromatic carbocycles. The summed E-state index contributed by atoms with van der Waals surface area (Å²) < 4.78 is 1.74. The van der Waals surface area contributed by atoms with Crippen LogP contribution in [0.3, 0.4) is 0 Å². The van der Waals surface area contributed by atoms with Gasteiger partial charge in [-0.1, -0.05) is 35.5 Å². The molecule has 26 heavy (non-hydrogen) atoms. The third-order valence-corrected chi connectivity index (χ3v) is 5.65. The molecule has 1 unspecified atom stereocenters. The number of carboxylic acid groups (broad SMARTS) is 1. The van der Waals surface area contributed by atoms with Crippen LogP contribution in [-0.2, 0) is 11.2 Å². The van der Waals surface area contributed by atoms with Gasteiger partial charge in [-0.15, -0.1) is 5.10 Å². The third kappa shape index (κ3) is 2.77. The van der Waals surface area contributed by atoms with Crippen LogP contribution in [0.4, 0.5) is 0 Å². The lowest BCUT2D eigenvalue weighted by Crippen LogP contribution is -2.54. The summed E-state index contributed by atoms with van der Waals surface area (Å²) >= 11 is 0. The van der Waals surface area contributed by atoms with Crippen molar-refractivity contribution in [2.45, 2.75) is 50.1 Å². The van der Waals surface area contributed by atoms with Crippen LogP contribution in [0.1, 0.15) is 54.2 Å². The van der Waals surface area contributed by atoms with Gasteiger partial charge in [0.1, 0.15) is 5.54 Å². The molecule has 136 valence electrons. The Morgan fingerprint density at radius 2 is 1.96 bits per heavy atom. The van der Waals surface area contributed by atoms with Crippen LogP contribution >= 0.6 is 0 Å². The zero-order chi connectivity index (χ0) is 18.1. The molecule has 1 saturated heterocycles. The fourth-order valence-electron chi connectivity index (χ4n) is 3.93. The van der Waals surface area contributed by atoms with Crippen molar-refractivity contribution >= 4 is 11.9 Å². The number of hydrogen-bond acceptors (Lipinski definition) is 4. The van der Waals surface area contributed by atoms with E-state index in [1.807, 2.05) is 30.3 Å². The molecule has 0 spiro atoms. The molecule has 1 saturated carbocycles. The highest BCUT2D eigenvalue weighted by molar-refractivity contribution is 5.96. The first-order chi connectivity index (χ1) is 12.6. The maximum Gasteiger partial charge on any atom is 0.329 e. The topological polar surface area (TPSA) is 88.3 Å². The summed E-state index contributed by atoms with van der Waals surface area (Å²) in [6.07, 6.45) is 6.34. The highest BCUT2D eigenvalue weighted by atomic mass is 16.4. The van der Waals surface area contributed by atoms with E-state index in [4.69, 9.17) is 0 Å². The molecule has 1 aliphatic carbocycles. The van der Waals surface area contributed by atoms with E-state index >= 15 is 0 Å². The lowest BCUT2D eigenvalue weighted by Gasteiger charge is -2.34. The maximum absolute atomic E-state index is 13.0. The number of carboxylic acids is 1. The first kappa shape index (κ1) is 16.8. The zero-order valence-electron chi connectivity index (χ0n) is 14.5. The minimum absolute atomic E-state index is 0.234. The van der Waals surface area contributed by atoms with Crippen LogP contribution in [0.25, 0.3) is 0 Å². The van der Waals surface area contributed by atoms with Crippen molar-refractivity contribution in [1.29, 1.82) is 0 Å². The van der Waals surface area contributed by atoms with Gasteiger partial charge in [-0.25, -0.2) is 9.48 Å². The lowest BCUT2D eigenvalue weighted by atomic mass is 9.88. The van der Waals surface area contributed by atoms with Gasteiger partial charge in [0.15, 0.2) is 5.69 Å². The Hall–Kier alpha value is -2.70. The minimum atomic E-state index is -1.22. The van der Waals surface area contributed by atoms with Gasteiger partial charge in [-0.3, -0.25) is 4.79 Å². The highest BCUT2D eigenvalue weighted by Gasteiger charge is 2.50. The van der Waals surface area contributed by atoms with E-state index in [0.717, 1.165) is 18.4 Å². The van der Waals surface area contributed by atoms with Gasteiger partial charge in [-0.2, -0.15) is 0 Å². The molecule has 1 atom stereocenters. The molecular formula is C19H22N4O3. The molecule has 0 radical (unpaired) electrons. The Bertz CT molecular complexity index is 815. The lowest BCUT2D eigenvalue weighted by molar-refractivity contribution is -0.148. The Kier molecular flexibility index (Phi) is 4.22. The molecule has 7 heteroatoms. The molecule has 4 rings (SSSR count). The molecular weight excluding hydrogens is 332 g/mol. The standard InChI is InChI=1S/C19H22N4O3/c24-17(16-13-23(21-20-16)15-8-4-9-15)22-11-5-10-19(22,18(25)26)12-14-6-2-1-3-7-14/h1-3,6-7,13,15H,4-5,8-12H2,(H,25,26). The van der Waals surface area contributed by atoms with Crippen molar-refractivity contribution < 1.29 is 14.7 Å².